The first-order valence-corrected chi connectivity index (χ1v) is 12.2. The Labute approximate surface area is 207 Å². The zero-order valence-corrected chi connectivity index (χ0v) is 19.7. The number of carbonyl (C=O) groups excluding carboxylic acids is 2. The molecule has 4 unspecified atom stereocenters. The van der Waals surface area contributed by atoms with Crippen LogP contribution in [0.25, 0.3) is 0 Å². The molecule has 1 spiro atoms. The van der Waals surface area contributed by atoms with Crippen molar-refractivity contribution in [3.05, 3.63) is 75.9 Å². The van der Waals surface area contributed by atoms with E-state index in [9.17, 15) is 19.7 Å². The van der Waals surface area contributed by atoms with E-state index in [0.29, 0.717) is 23.7 Å². The molecule has 9 nitrogen and oxygen atoms in total. The van der Waals surface area contributed by atoms with Gasteiger partial charge in [0.1, 0.15) is 6.61 Å². The van der Waals surface area contributed by atoms with Gasteiger partial charge in [0.15, 0.2) is 11.5 Å². The summed E-state index contributed by atoms with van der Waals surface area (Å²) in [4.78, 5) is 36.6. The fourth-order valence-corrected chi connectivity index (χ4v) is 6.17. The van der Waals surface area contributed by atoms with Crippen molar-refractivity contribution >= 4 is 23.7 Å². The number of non-ortho nitro benzene ring substituents is 1. The van der Waals surface area contributed by atoms with Gasteiger partial charge in [-0.05, 0) is 78.5 Å². The van der Waals surface area contributed by atoms with Crippen molar-refractivity contribution in [1.29, 1.82) is 0 Å². The smallest absolute Gasteiger partial charge is 0.269 e. The minimum absolute atomic E-state index is 0.0203. The summed E-state index contributed by atoms with van der Waals surface area (Å²) in [5.74, 6) is 0.393. The molecule has 9 heteroatoms. The molecule has 2 aromatic carbocycles. The number of allylic oxidation sites excluding steroid dienone is 2. The lowest BCUT2D eigenvalue weighted by Crippen LogP contribution is -2.30. The molecular formula is C27H25N3O6. The predicted octanol–water partition coefficient (Wildman–Crippen LogP) is 4.10. The first-order valence-electron chi connectivity index (χ1n) is 12.2. The van der Waals surface area contributed by atoms with Gasteiger partial charge in [-0.15, -0.1) is 0 Å². The van der Waals surface area contributed by atoms with Crippen LogP contribution in [0.15, 0.2) is 59.7 Å². The Morgan fingerprint density at radius 3 is 2.28 bits per heavy atom. The number of nitro benzene ring substituents is 1. The van der Waals surface area contributed by atoms with Crippen LogP contribution in [0.4, 0.5) is 5.69 Å². The van der Waals surface area contributed by atoms with Crippen molar-refractivity contribution < 1.29 is 24.0 Å². The fraction of sp³-hybridized carbons (Fsp3) is 0.370. The summed E-state index contributed by atoms with van der Waals surface area (Å²) in [6.45, 7) is 2.48. The normalized spacial score (nSPS) is 26.8. The van der Waals surface area contributed by atoms with E-state index in [0.717, 1.165) is 23.4 Å². The Balaban J connectivity index is 1.16. The number of amides is 2. The molecule has 1 saturated heterocycles. The molecular weight excluding hydrogens is 462 g/mol. The highest BCUT2D eigenvalue weighted by atomic mass is 16.6. The van der Waals surface area contributed by atoms with Gasteiger partial charge in [0, 0.05) is 12.1 Å². The van der Waals surface area contributed by atoms with Crippen molar-refractivity contribution in [2.75, 3.05) is 6.61 Å². The molecule has 4 aliphatic rings. The maximum atomic E-state index is 13.1. The average molecular weight is 488 g/mol. The van der Waals surface area contributed by atoms with Crippen LogP contribution in [0.2, 0.25) is 0 Å². The van der Waals surface area contributed by atoms with Gasteiger partial charge in [0.05, 0.1) is 29.6 Å². The lowest BCUT2D eigenvalue weighted by molar-refractivity contribution is -0.384. The number of carbonyl (C=O) groups is 2. The highest BCUT2D eigenvalue weighted by Crippen LogP contribution is 2.73. The highest BCUT2D eigenvalue weighted by Gasteiger charge is 2.73. The number of hydrogen-bond acceptors (Lipinski definition) is 7. The van der Waals surface area contributed by atoms with Crippen LogP contribution in [0, 0.1) is 39.2 Å². The van der Waals surface area contributed by atoms with Crippen LogP contribution in [-0.4, -0.2) is 34.6 Å². The van der Waals surface area contributed by atoms with Crippen LogP contribution >= 0.6 is 0 Å². The molecule has 2 bridgehead atoms. The largest absolute Gasteiger partial charge is 0.490 e. The third-order valence-corrected chi connectivity index (χ3v) is 7.96. The van der Waals surface area contributed by atoms with Crippen LogP contribution in [0.1, 0.15) is 30.9 Å². The maximum absolute atomic E-state index is 13.1. The molecule has 2 saturated carbocycles. The van der Waals surface area contributed by atoms with Gasteiger partial charge in [-0.3, -0.25) is 19.7 Å². The van der Waals surface area contributed by atoms with E-state index < -0.39 is 4.92 Å². The minimum atomic E-state index is -0.446. The quantitative estimate of drug-likeness (QED) is 0.182. The summed E-state index contributed by atoms with van der Waals surface area (Å²) in [5.41, 5.74) is 1.62. The van der Waals surface area contributed by atoms with E-state index in [1.807, 2.05) is 6.92 Å². The minimum Gasteiger partial charge on any atom is -0.490 e. The van der Waals surface area contributed by atoms with Gasteiger partial charge in [-0.2, -0.15) is 10.1 Å². The first-order chi connectivity index (χ1) is 17.4. The Kier molecular flexibility index (Phi) is 5.17. The number of ether oxygens (including phenoxy) is 2. The molecule has 2 amide bonds. The molecule has 1 heterocycles. The van der Waals surface area contributed by atoms with Crippen molar-refractivity contribution in [2.45, 2.75) is 26.4 Å². The Hall–Kier alpha value is -4.01. The van der Waals surface area contributed by atoms with E-state index in [1.165, 1.54) is 18.3 Å². The molecule has 2 aromatic rings. The fourth-order valence-electron chi connectivity index (χ4n) is 6.17. The van der Waals surface area contributed by atoms with E-state index in [1.54, 1.807) is 30.3 Å². The van der Waals surface area contributed by atoms with Crippen LogP contribution < -0.4 is 9.47 Å². The predicted molar refractivity (Wildman–Crippen MR) is 129 cm³/mol. The number of benzene rings is 2. The first kappa shape index (κ1) is 22.5. The van der Waals surface area contributed by atoms with Crippen LogP contribution in [0.5, 0.6) is 11.5 Å². The molecule has 0 N–H and O–H groups in total. The zero-order chi connectivity index (χ0) is 25.0. The summed E-state index contributed by atoms with van der Waals surface area (Å²) in [5, 5.41) is 16.2. The van der Waals surface area contributed by atoms with E-state index in [4.69, 9.17) is 9.47 Å². The molecule has 184 valence electrons. The number of imide groups is 1. The number of fused-ring (bicyclic) bond motifs is 3. The van der Waals surface area contributed by atoms with Gasteiger partial charge in [0.25, 0.3) is 17.5 Å². The average Bonchev–Trinajstić information content (AvgIpc) is 3.48. The second kappa shape index (κ2) is 8.29. The lowest BCUT2D eigenvalue weighted by atomic mass is 9.85. The third kappa shape index (κ3) is 3.41. The van der Waals surface area contributed by atoms with E-state index >= 15 is 0 Å². The number of nitrogens with zero attached hydrogens (tertiary/aromatic N) is 3. The summed E-state index contributed by atoms with van der Waals surface area (Å²) in [6, 6.07) is 11.4. The molecule has 36 heavy (non-hydrogen) atoms. The molecule has 3 aliphatic carbocycles. The highest BCUT2D eigenvalue weighted by molar-refractivity contribution is 6.07. The summed E-state index contributed by atoms with van der Waals surface area (Å²) >= 11 is 0. The Bertz CT molecular complexity index is 1280. The molecule has 0 aromatic heterocycles. The van der Waals surface area contributed by atoms with Gasteiger partial charge in [-0.25, -0.2) is 0 Å². The monoisotopic (exact) mass is 487 g/mol. The molecule has 4 atom stereocenters. The molecule has 1 aliphatic heterocycles. The zero-order valence-electron chi connectivity index (χ0n) is 19.7. The number of nitro groups is 1. The second-order valence-corrected chi connectivity index (χ2v) is 9.81. The number of hydrazone groups is 1. The Morgan fingerprint density at radius 1 is 1.03 bits per heavy atom. The van der Waals surface area contributed by atoms with Crippen molar-refractivity contribution in [1.82, 2.24) is 5.01 Å². The summed E-state index contributed by atoms with van der Waals surface area (Å²) in [7, 11) is 0. The van der Waals surface area contributed by atoms with Gasteiger partial charge >= 0.3 is 0 Å². The number of rotatable bonds is 8. The van der Waals surface area contributed by atoms with Gasteiger partial charge in [-0.1, -0.05) is 12.2 Å². The standard InChI is InChI=1S/C27H25N3O6/c1-2-35-22-13-17(5-10-21(22)36-15-16-3-6-18(7-4-16)30(33)34)14-28-29-25(31)23-19-8-9-20(24(23)26(29)32)27(19)11-12-27/h3-10,13-14,19-20,23-24H,2,11-12,15H2,1H3/b28-14+. The summed E-state index contributed by atoms with van der Waals surface area (Å²) in [6.07, 6.45) is 7.99. The SMILES string of the molecule is CCOc1cc(/C=N/N2C(=O)C3C(C2=O)C2C=CC3C23CC3)ccc1OCc1ccc([N+](=O)[O-])cc1. The molecule has 0 radical (unpaired) electrons. The van der Waals surface area contributed by atoms with E-state index in [-0.39, 0.29) is 53.2 Å². The lowest BCUT2D eigenvalue weighted by Gasteiger charge is -2.18. The van der Waals surface area contributed by atoms with Crippen molar-refractivity contribution in [3.63, 3.8) is 0 Å². The van der Waals surface area contributed by atoms with Gasteiger partial charge < -0.3 is 9.47 Å². The van der Waals surface area contributed by atoms with Crippen LogP contribution in [-0.2, 0) is 16.2 Å². The van der Waals surface area contributed by atoms with Crippen molar-refractivity contribution in [2.24, 2.45) is 34.2 Å². The summed E-state index contributed by atoms with van der Waals surface area (Å²) < 4.78 is 11.6. The topological polar surface area (TPSA) is 111 Å². The second-order valence-electron chi connectivity index (χ2n) is 9.81. The van der Waals surface area contributed by atoms with Crippen molar-refractivity contribution in [3.8, 4) is 11.5 Å². The van der Waals surface area contributed by atoms with Crippen LogP contribution in [0.3, 0.4) is 0 Å². The molecule has 6 rings (SSSR count). The third-order valence-electron chi connectivity index (χ3n) is 7.96. The number of hydrogen-bond donors (Lipinski definition) is 0. The maximum Gasteiger partial charge on any atom is 0.269 e. The molecule has 3 fully saturated rings. The van der Waals surface area contributed by atoms with Gasteiger partial charge in [0.2, 0.25) is 0 Å². The Morgan fingerprint density at radius 2 is 1.69 bits per heavy atom. The van der Waals surface area contributed by atoms with E-state index in [2.05, 4.69) is 17.3 Å².